The maximum Gasteiger partial charge on any atom is 0.177 e. The van der Waals surface area contributed by atoms with Crippen LogP contribution in [-0.2, 0) is 16.6 Å². The van der Waals surface area contributed by atoms with Gasteiger partial charge in [-0.1, -0.05) is 19.4 Å². The Morgan fingerprint density at radius 1 is 1.35 bits per heavy atom. The largest absolute Gasteiger partial charge is 0.504 e. The number of carbonyl (C=O) groups excluding carboxylic acids is 1. The van der Waals surface area contributed by atoms with Crippen LogP contribution < -0.4 is 4.74 Å². The lowest BCUT2D eigenvalue weighted by Gasteiger charge is -2.59. The molecule has 0 radical (unpaired) electrons. The van der Waals surface area contributed by atoms with E-state index in [9.17, 15) is 9.90 Å². The van der Waals surface area contributed by atoms with Gasteiger partial charge in [0.25, 0.3) is 0 Å². The molecule has 2 aliphatic heterocycles. The number of ether oxygens (including phenoxy) is 1. The van der Waals surface area contributed by atoms with Gasteiger partial charge < -0.3 is 9.84 Å². The summed E-state index contributed by atoms with van der Waals surface area (Å²) in [5.41, 5.74) is 2.31. The molecule has 0 aromatic heterocycles. The first kappa shape index (κ1) is 15.5. The highest BCUT2D eigenvalue weighted by molar-refractivity contribution is 5.90. The zero-order chi connectivity index (χ0) is 17.6. The fraction of sp³-hybridized carbons (Fsp3) is 0.682. The molecule has 1 spiro atoms. The molecule has 2 saturated carbocycles. The summed E-state index contributed by atoms with van der Waals surface area (Å²) in [5, 5.41) is 10.4. The Morgan fingerprint density at radius 2 is 2.19 bits per heavy atom. The van der Waals surface area contributed by atoms with Gasteiger partial charge in [-0.15, -0.1) is 0 Å². The van der Waals surface area contributed by atoms with E-state index in [4.69, 9.17) is 4.74 Å². The lowest BCUT2D eigenvalue weighted by Crippen LogP contribution is -2.67. The number of phenolic OH excluding ortho intramolecular Hbond substituents is 1. The van der Waals surface area contributed by atoms with E-state index in [1.165, 1.54) is 36.9 Å². The summed E-state index contributed by atoms with van der Waals surface area (Å²) in [6.45, 7) is 4.36. The molecular formula is C22H27NO3. The fourth-order valence-electron chi connectivity index (χ4n) is 6.84. The topological polar surface area (TPSA) is 49.8 Å². The Hall–Kier alpha value is -1.55. The molecule has 0 amide bonds. The molecule has 3 fully saturated rings. The van der Waals surface area contributed by atoms with Crippen LogP contribution in [0.2, 0.25) is 0 Å². The molecule has 1 aromatic rings. The maximum absolute atomic E-state index is 13.1. The number of hydrogen-bond donors (Lipinski definition) is 1. The number of benzene rings is 1. The lowest BCUT2D eigenvalue weighted by atomic mass is 9.50. The summed E-state index contributed by atoms with van der Waals surface area (Å²) in [6.07, 6.45) is 6.78. The van der Waals surface area contributed by atoms with Crippen LogP contribution in [0.3, 0.4) is 0 Å². The predicted octanol–water partition coefficient (Wildman–Crippen LogP) is 3.05. The molecule has 4 nitrogen and oxygen atoms in total. The number of carbonyl (C=O) groups is 1. The van der Waals surface area contributed by atoms with Crippen molar-refractivity contribution < 1.29 is 14.6 Å². The number of Topliss-reactive ketones (excluding diaryl/α,β-unsaturated/α-hetero) is 1. The van der Waals surface area contributed by atoms with Crippen molar-refractivity contribution in [1.82, 2.24) is 4.90 Å². The van der Waals surface area contributed by atoms with Crippen molar-refractivity contribution in [2.24, 2.45) is 17.8 Å². The molecule has 2 bridgehead atoms. The van der Waals surface area contributed by atoms with Crippen LogP contribution >= 0.6 is 0 Å². The molecule has 2 heterocycles. The molecule has 1 saturated heterocycles. The van der Waals surface area contributed by atoms with Crippen LogP contribution in [-0.4, -0.2) is 41.0 Å². The Kier molecular flexibility index (Phi) is 3.00. The summed E-state index contributed by atoms with van der Waals surface area (Å²) in [6, 6.07) is 4.37. The van der Waals surface area contributed by atoms with E-state index in [-0.39, 0.29) is 29.0 Å². The van der Waals surface area contributed by atoms with Crippen molar-refractivity contribution in [3.8, 4) is 11.5 Å². The molecule has 4 unspecified atom stereocenters. The smallest absolute Gasteiger partial charge is 0.177 e. The molecule has 1 N–H and O–H groups in total. The highest BCUT2D eigenvalue weighted by Gasteiger charge is 2.67. The summed E-state index contributed by atoms with van der Waals surface area (Å²) in [4.78, 5) is 15.8. The summed E-state index contributed by atoms with van der Waals surface area (Å²) >= 11 is 0. The number of likely N-dealkylation sites (tertiary alicyclic amines) is 1. The third-order valence-electron chi connectivity index (χ3n) is 8.30. The first-order valence-electron chi connectivity index (χ1n) is 10.4. The van der Waals surface area contributed by atoms with Crippen LogP contribution in [0.1, 0.15) is 50.2 Å². The quantitative estimate of drug-likeness (QED) is 0.888. The number of phenols is 1. The third-order valence-corrected chi connectivity index (χ3v) is 8.30. The van der Waals surface area contributed by atoms with E-state index < -0.39 is 0 Å². The summed E-state index contributed by atoms with van der Waals surface area (Å²) in [5.74, 6) is 2.48. The molecule has 26 heavy (non-hydrogen) atoms. The molecule has 138 valence electrons. The van der Waals surface area contributed by atoms with Crippen LogP contribution in [0, 0.1) is 17.8 Å². The summed E-state index contributed by atoms with van der Waals surface area (Å²) < 4.78 is 6.22. The number of ketones is 1. The monoisotopic (exact) mass is 353 g/mol. The van der Waals surface area contributed by atoms with Crippen LogP contribution in [0.15, 0.2) is 12.1 Å². The van der Waals surface area contributed by atoms with E-state index in [0.29, 0.717) is 17.7 Å². The SMILES string of the molecule is C[C@H]1CC2C3Cc4ccc(O)c5c4C2(CCN3CC2CCC2)C(O5)C1=O. The Morgan fingerprint density at radius 3 is 2.96 bits per heavy atom. The lowest BCUT2D eigenvalue weighted by molar-refractivity contribution is -0.145. The van der Waals surface area contributed by atoms with Gasteiger partial charge in [-0.25, -0.2) is 0 Å². The number of rotatable bonds is 2. The van der Waals surface area contributed by atoms with Gasteiger partial charge in [0.15, 0.2) is 23.4 Å². The zero-order valence-electron chi connectivity index (χ0n) is 15.4. The van der Waals surface area contributed by atoms with Crippen LogP contribution in [0.25, 0.3) is 0 Å². The average Bonchev–Trinajstić information content (AvgIpc) is 2.93. The van der Waals surface area contributed by atoms with Gasteiger partial charge in [0.1, 0.15) is 0 Å². The second kappa shape index (κ2) is 5.03. The van der Waals surface area contributed by atoms with Gasteiger partial charge in [0.05, 0.1) is 0 Å². The minimum atomic E-state index is -0.382. The number of aromatic hydroxyl groups is 1. The van der Waals surface area contributed by atoms with Crippen molar-refractivity contribution >= 4 is 5.78 Å². The molecular weight excluding hydrogens is 326 g/mol. The van der Waals surface area contributed by atoms with Gasteiger partial charge >= 0.3 is 0 Å². The number of piperidine rings is 1. The molecule has 5 aliphatic rings. The number of nitrogens with zero attached hydrogens (tertiary/aromatic N) is 1. The van der Waals surface area contributed by atoms with E-state index in [0.717, 1.165) is 31.7 Å². The van der Waals surface area contributed by atoms with E-state index in [2.05, 4.69) is 17.9 Å². The van der Waals surface area contributed by atoms with Gasteiger partial charge in [0.2, 0.25) is 0 Å². The highest BCUT2D eigenvalue weighted by Crippen LogP contribution is 2.63. The van der Waals surface area contributed by atoms with Gasteiger partial charge in [-0.2, -0.15) is 0 Å². The van der Waals surface area contributed by atoms with Gasteiger partial charge in [0, 0.05) is 29.5 Å². The molecule has 3 aliphatic carbocycles. The van der Waals surface area contributed by atoms with Crippen LogP contribution in [0.4, 0.5) is 0 Å². The first-order valence-corrected chi connectivity index (χ1v) is 10.4. The van der Waals surface area contributed by atoms with Crippen molar-refractivity contribution in [3.63, 3.8) is 0 Å². The molecule has 1 aromatic carbocycles. The van der Waals surface area contributed by atoms with Crippen LogP contribution in [0.5, 0.6) is 11.5 Å². The fourth-order valence-corrected chi connectivity index (χ4v) is 6.84. The second-order valence-corrected chi connectivity index (χ2v) is 9.45. The average molecular weight is 353 g/mol. The predicted molar refractivity (Wildman–Crippen MR) is 97.5 cm³/mol. The van der Waals surface area contributed by atoms with E-state index in [1.807, 2.05) is 0 Å². The third kappa shape index (κ3) is 1.72. The molecule has 6 rings (SSSR count). The Labute approximate surface area is 154 Å². The Balaban J connectivity index is 1.50. The first-order chi connectivity index (χ1) is 12.6. The van der Waals surface area contributed by atoms with E-state index >= 15 is 0 Å². The Bertz CT molecular complexity index is 801. The van der Waals surface area contributed by atoms with Crippen molar-refractivity contribution in [1.29, 1.82) is 0 Å². The van der Waals surface area contributed by atoms with Gasteiger partial charge in [-0.3, -0.25) is 9.69 Å². The second-order valence-electron chi connectivity index (χ2n) is 9.45. The van der Waals surface area contributed by atoms with Crippen molar-refractivity contribution in [3.05, 3.63) is 23.3 Å². The van der Waals surface area contributed by atoms with E-state index in [1.54, 1.807) is 6.07 Å². The van der Waals surface area contributed by atoms with Crippen molar-refractivity contribution in [2.45, 2.75) is 63.0 Å². The minimum absolute atomic E-state index is 0.0577. The van der Waals surface area contributed by atoms with Crippen molar-refractivity contribution in [2.75, 3.05) is 13.1 Å². The summed E-state index contributed by atoms with van der Waals surface area (Å²) in [7, 11) is 0. The molecule has 4 heteroatoms. The molecule has 5 atom stereocenters. The number of hydrogen-bond acceptors (Lipinski definition) is 4. The highest BCUT2D eigenvalue weighted by atomic mass is 16.5. The minimum Gasteiger partial charge on any atom is -0.504 e. The zero-order valence-corrected chi connectivity index (χ0v) is 15.4. The van der Waals surface area contributed by atoms with Gasteiger partial charge in [-0.05, 0) is 62.1 Å². The normalized spacial score (nSPS) is 40.7. The standard InChI is InChI=1S/C22H27NO3/c1-12-9-15-16-10-14-5-6-17(24)20-18(14)22(15,21(26-20)19(12)25)7-8-23(16)11-13-3-2-4-13/h5-6,12-13,15-16,21,24H,2-4,7-11H2,1H3/t12-,15?,16?,21?,22?/m0/s1. The maximum atomic E-state index is 13.1.